The number of fused-ring (bicyclic) bond motifs is 6. The van der Waals surface area contributed by atoms with Crippen molar-refractivity contribution in [3.63, 3.8) is 0 Å². The van der Waals surface area contributed by atoms with E-state index in [1.165, 1.54) is 0 Å². The van der Waals surface area contributed by atoms with Crippen LogP contribution in [0.4, 0.5) is 0 Å². The minimum absolute atomic E-state index is 0. The third-order valence-electron chi connectivity index (χ3n) is 3.33. The second-order valence-electron chi connectivity index (χ2n) is 5.51. The summed E-state index contributed by atoms with van der Waals surface area (Å²) in [5, 5.41) is 62.9. The summed E-state index contributed by atoms with van der Waals surface area (Å²) in [6.45, 7) is 0. The van der Waals surface area contributed by atoms with Crippen molar-refractivity contribution in [3.05, 3.63) is 0 Å². The molecule has 6 rings (SSSR count). The van der Waals surface area contributed by atoms with Gasteiger partial charge in [0.2, 0.25) is 0 Å². The van der Waals surface area contributed by atoms with Gasteiger partial charge in [0.25, 0.3) is 0 Å². The summed E-state index contributed by atoms with van der Waals surface area (Å²) in [4.78, 5) is 0. The SMILES string of the molecule is [Ho+3].[Ho+3].[O-]B1OB2OB([O-])OB(O1)O2.[O-]B1OB2OB([O-])OB(O1)O2.[O-]B1OB2OB([O-])OB(O1)O2. The molecule has 0 N–H and O–H groups in total. The third kappa shape index (κ3) is 11.1. The Bertz CT molecular complexity index is 439. The second-order valence-corrected chi connectivity index (χ2v) is 5.51. The van der Waals surface area contributed by atoms with Gasteiger partial charge in [-0.15, -0.1) is 0 Å². The fourth-order valence-corrected chi connectivity index (χ4v) is 2.13. The fourth-order valence-electron chi connectivity index (χ4n) is 2.13. The first-order valence-electron chi connectivity index (χ1n) is 8.49. The van der Waals surface area contributed by atoms with Gasteiger partial charge in [-0.2, -0.15) is 0 Å². The molecule has 35 heteroatoms. The van der Waals surface area contributed by atoms with E-state index < -0.39 is 87.9 Å². The molecule has 6 aliphatic rings. The molecule has 0 aliphatic carbocycles. The van der Waals surface area contributed by atoms with E-state index in [0.717, 1.165) is 0 Å². The Morgan fingerprint density at radius 3 is 0.457 bits per heavy atom. The molecule has 0 radical (unpaired) electrons. The molecule has 0 saturated carbocycles. The summed E-state index contributed by atoms with van der Waals surface area (Å²) in [5.74, 6) is 0. The van der Waals surface area contributed by atoms with E-state index in [4.69, 9.17) is 0 Å². The predicted molar refractivity (Wildman–Crippen MR) is 85.3 cm³/mol. The number of hydrogen-bond acceptors (Lipinski definition) is 21. The average molecular weight is 796 g/mol. The molecule has 0 amide bonds. The van der Waals surface area contributed by atoms with E-state index in [0.29, 0.717) is 0 Å². The van der Waals surface area contributed by atoms with Crippen molar-refractivity contribution >= 4 is 87.9 Å². The maximum atomic E-state index is 10.5. The van der Waals surface area contributed by atoms with Crippen LogP contribution >= 0.6 is 0 Å². The number of rotatable bonds is 0. The molecule has 0 unspecified atom stereocenters. The molecule has 0 spiro atoms. The van der Waals surface area contributed by atoms with Crippen LogP contribution in [0.15, 0.2) is 0 Å². The quantitative estimate of drug-likeness (QED) is 0.206. The van der Waals surface area contributed by atoms with Crippen LogP contribution in [0.3, 0.4) is 0 Å². The Hall–Kier alpha value is 2.46. The Labute approximate surface area is 259 Å². The molecule has 0 aromatic rings. The molecule has 0 atom stereocenters. The zero-order valence-electron chi connectivity index (χ0n) is 16.1. The molecule has 6 saturated heterocycles. The van der Waals surface area contributed by atoms with Gasteiger partial charge < -0.3 is 98.7 Å². The van der Waals surface area contributed by atoms with Gasteiger partial charge in [-0.05, 0) is 0 Å². The average Bonchev–Trinajstić information content (AvgIpc) is 2.65. The molecule has 6 fully saturated rings. The number of hydrogen-bond donors (Lipinski definition) is 0. The topological polar surface area (TPSA) is 277 Å². The van der Waals surface area contributed by atoms with Gasteiger partial charge >= 0.3 is 163 Å². The first kappa shape index (κ1) is 33.7. The van der Waals surface area contributed by atoms with E-state index >= 15 is 0 Å². The van der Waals surface area contributed by atoms with Crippen LogP contribution in [0, 0.1) is 75.5 Å². The van der Waals surface area contributed by atoms with Crippen molar-refractivity contribution in [2.24, 2.45) is 0 Å². The zero-order chi connectivity index (χ0) is 23.5. The first-order valence-corrected chi connectivity index (χ1v) is 8.49. The summed E-state index contributed by atoms with van der Waals surface area (Å²) in [6, 6.07) is 0. The van der Waals surface area contributed by atoms with Crippen molar-refractivity contribution in [2.75, 3.05) is 0 Å². The van der Waals surface area contributed by atoms with Gasteiger partial charge in [0.1, 0.15) is 0 Å². The van der Waals surface area contributed by atoms with Gasteiger partial charge in [0.15, 0.2) is 0 Å². The van der Waals surface area contributed by atoms with Crippen LogP contribution in [0.25, 0.3) is 0 Å². The molecular formula is B12Ho2O21. The largest absolute Gasteiger partial charge is 3.00 e. The molecular weight excluding hydrogens is 796 g/mol. The van der Waals surface area contributed by atoms with E-state index in [1.807, 2.05) is 0 Å². The summed E-state index contributed by atoms with van der Waals surface area (Å²) < 4.78 is 65.6. The van der Waals surface area contributed by atoms with Crippen LogP contribution in [0.1, 0.15) is 0 Å². The Morgan fingerprint density at radius 2 is 0.343 bits per heavy atom. The van der Waals surface area contributed by atoms with Gasteiger partial charge in [-0.1, -0.05) is 0 Å². The third-order valence-corrected chi connectivity index (χ3v) is 3.33. The monoisotopic (exact) mass is 798 g/mol. The van der Waals surface area contributed by atoms with Crippen molar-refractivity contribution in [1.82, 2.24) is 0 Å². The van der Waals surface area contributed by atoms with Crippen LogP contribution in [-0.2, 0) is 68.6 Å². The molecule has 6 aliphatic heterocycles. The van der Waals surface area contributed by atoms with Crippen LogP contribution < -0.4 is 30.1 Å². The van der Waals surface area contributed by atoms with Crippen molar-refractivity contribution in [2.45, 2.75) is 0 Å². The van der Waals surface area contributed by atoms with Crippen LogP contribution in [0.5, 0.6) is 0 Å². The van der Waals surface area contributed by atoms with E-state index in [-0.39, 0.29) is 75.5 Å². The normalized spacial score (nSPS) is 23.1. The smallest absolute Gasteiger partial charge is 0.833 e. The zero-order valence-corrected chi connectivity index (χ0v) is 20.0. The standard InChI is InChI=1S/3B4O7.2Ho/c3*5-1-7-3-9-2(6)10-4(8-1)11-3;;/q3*-2;2*+3. The molecule has 6 heterocycles. The molecule has 0 aromatic carbocycles. The maximum Gasteiger partial charge on any atom is 3.00 e. The summed E-state index contributed by atoms with van der Waals surface area (Å²) >= 11 is 0. The predicted octanol–water partition coefficient (Wildman–Crippen LogP) is -12.7. The van der Waals surface area contributed by atoms with Crippen LogP contribution in [-0.4, -0.2) is 87.9 Å². The van der Waals surface area contributed by atoms with Crippen molar-refractivity contribution < 1.29 is 174 Å². The van der Waals surface area contributed by atoms with Gasteiger partial charge in [-0.3, -0.25) is 0 Å². The minimum atomic E-state index is -1.73. The van der Waals surface area contributed by atoms with Gasteiger partial charge in [0, 0.05) is 0 Å². The summed E-state index contributed by atoms with van der Waals surface area (Å²) in [5.41, 5.74) is 0. The minimum Gasteiger partial charge on any atom is -0.833 e. The van der Waals surface area contributed by atoms with Gasteiger partial charge in [0.05, 0.1) is 0 Å². The summed E-state index contributed by atoms with van der Waals surface area (Å²) in [7, 11) is -18.0. The summed E-state index contributed by atoms with van der Waals surface area (Å²) in [6.07, 6.45) is 0. The maximum absolute atomic E-state index is 10.5. The molecule has 0 aromatic heterocycles. The molecule has 6 bridgehead atoms. The van der Waals surface area contributed by atoms with Crippen LogP contribution in [0.2, 0.25) is 0 Å². The van der Waals surface area contributed by atoms with E-state index in [2.05, 4.69) is 68.6 Å². The molecule has 184 valence electrons. The van der Waals surface area contributed by atoms with Crippen molar-refractivity contribution in [3.8, 4) is 0 Å². The van der Waals surface area contributed by atoms with E-state index in [9.17, 15) is 30.1 Å². The molecule has 35 heavy (non-hydrogen) atoms. The Morgan fingerprint density at radius 1 is 0.229 bits per heavy atom. The fraction of sp³-hybridized carbons (Fsp3) is 0. The first-order chi connectivity index (χ1) is 15.7. The Kier molecular flexibility index (Phi) is 15.4. The Balaban J connectivity index is 0.000000180. The van der Waals surface area contributed by atoms with E-state index in [1.54, 1.807) is 0 Å². The second kappa shape index (κ2) is 16.0. The van der Waals surface area contributed by atoms with Gasteiger partial charge in [-0.25, -0.2) is 0 Å². The van der Waals surface area contributed by atoms with Crippen molar-refractivity contribution in [1.29, 1.82) is 0 Å². The molecule has 21 nitrogen and oxygen atoms in total.